The summed E-state index contributed by atoms with van der Waals surface area (Å²) in [5, 5.41) is 9.03. The van der Waals surface area contributed by atoms with E-state index in [9.17, 15) is 4.57 Å². The Morgan fingerprint density at radius 2 is 2.23 bits per heavy atom. The minimum atomic E-state index is -4.43. The van der Waals surface area contributed by atoms with E-state index < -0.39 is 20.2 Å². The number of phosphoric acid groups is 1. The monoisotopic (exact) mass is 212 g/mol. The fourth-order valence-electron chi connectivity index (χ4n) is 1.24. The molecule has 0 saturated carbocycles. The van der Waals surface area contributed by atoms with Crippen LogP contribution in [0.4, 0.5) is 0 Å². The van der Waals surface area contributed by atoms with Crippen LogP contribution in [0.3, 0.4) is 0 Å². The number of aliphatic hydroxyl groups is 1. The standard InChI is InChI=1S/C6H13O6P/c1-4-2-6(7)12-5(4)3-11-13(8,9)10/h4-7H,2-3H2,1H3,(H2,8,9,10)/t4?,5?,6-/m1/s1. The van der Waals surface area contributed by atoms with E-state index in [2.05, 4.69) is 4.52 Å². The molecule has 1 heterocycles. The predicted octanol–water partition coefficient (Wildman–Crippen LogP) is -0.161. The maximum Gasteiger partial charge on any atom is 0.469 e. The third-order valence-electron chi connectivity index (χ3n) is 1.95. The summed E-state index contributed by atoms with van der Waals surface area (Å²) in [4.78, 5) is 16.8. The average molecular weight is 212 g/mol. The molecule has 7 heteroatoms. The van der Waals surface area contributed by atoms with Crippen LogP contribution in [0.15, 0.2) is 0 Å². The van der Waals surface area contributed by atoms with E-state index in [1.165, 1.54) is 0 Å². The average Bonchev–Trinajstić information content (AvgIpc) is 2.24. The highest BCUT2D eigenvalue weighted by atomic mass is 31.2. The number of hydrogen-bond donors (Lipinski definition) is 3. The maximum absolute atomic E-state index is 10.3. The lowest BCUT2D eigenvalue weighted by Gasteiger charge is -2.14. The van der Waals surface area contributed by atoms with Crippen LogP contribution >= 0.6 is 7.82 Å². The molecular formula is C6H13O6P. The quantitative estimate of drug-likeness (QED) is 0.562. The molecule has 1 saturated heterocycles. The van der Waals surface area contributed by atoms with E-state index in [0.717, 1.165) is 0 Å². The Balaban J connectivity index is 2.34. The van der Waals surface area contributed by atoms with Crippen molar-refractivity contribution < 1.29 is 28.7 Å². The van der Waals surface area contributed by atoms with Crippen LogP contribution in [-0.4, -0.2) is 33.9 Å². The van der Waals surface area contributed by atoms with Crippen molar-refractivity contribution in [2.75, 3.05) is 6.61 Å². The number of aliphatic hydroxyl groups excluding tert-OH is 1. The molecule has 6 nitrogen and oxygen atoms in total. The first-order valence-corrected chi connectivity index (χ1v) is 5.45. The highest BCUT2D eigenvalue weighted by molar-refractivity contribution is 7.46. The Labute approximate surface area is 75.7 Å². The summed E-state index contributed by atoms with van der Waals surface area (Å²) in [6.07, 6.45) is -0.821. The Hall–Kier alpha value is 0.0300. The Bertz CT molecular complexity index is 213. The molecule has 78 valence electrons. The first-order valence-electron chi connectivity index (χ1n) is 3.92. The van der Waals surface area contributed by atoms with Gasteiger partial charge in [0.1, 0.15) is 0 Å². The molecule has 0 radical (unpaired) electrons. The molecule has 0 bridgehead atoms. The van der Waals surface area contributed by atoms with Crippen LogP contribution in [0, 0.1) is 5.92 Å². The van der Waals surface area contributed by atoms with E-state index in [4.69, 9.17) is 19.6 Å². The van der Waals surface area contributed by atoms with Crippen LogP contribution in [0.25, 0.3) is 0 Å². The summed E-state index contributed by atoms with van der Waals surface area (Å²) in [6.45, 7) is 1.63. The second-order valence-electron chi connectivity index (χ2n) is 3.13. The van der Waals surface area contributed by atoms with Gasteiger partial charge in [0.25, 0.3) is 0 Å². The lowest BCUT2D eigenvalue weighted by Crippen LogP contribution is -2.20. The van der Waals surface area contributed by atoms with Crippen LogP contribution < -0.4 is 0 Å². The third kappa shape index (κ3) is 3.72. The lowest BCUT2D eigenvalue weighted by molar-refractivity contribution is -0.102. The van der Waals surface area contributed by atoms with Gasteiger partial charge in [0.05, 0.1) is 12.7 Å². The summed E-state index contributed by atoms with van der Waals surface area (Å²) in [7, 11) is -4.43. The van der Waals surface area contributed by atoms with E-state index in [0.29, 0.717) is 6.42 Å². The molecule has 3 atom stereocenters. The van der Waals surface area contributed by atoms with Gasteiger partial charge in [-0.1, -0.05) is 6.92 Å². The number of phosphoric ester groups is 1. The molecule has 1 fully saturated rings. The minimum absolute atomic E-state index is 0.0431. The van der Waals surface area contributed by atoms with E-state index >= 15 is 0 Å². The van der Waals surface area contributed by atoms with Crippen molar-refractivity contribution >= 4 is 7.82 Å². The van der Waals surface area contributed by atoms with Gasteiger partial charge in [-0.25, -0.2) is 4.57 Å². The van der Waals surface area contributed by atoms with Gasteiger partial charge in [0.2, 0.25) is 0 Å². The first kappa shape index (κ1) is 11.1. The molecule has 0 amide bonds. The summed E-state index contributed by atoms with van der Waals surface area (Å²) in [5.74, 6) is 0.0431. The van der Waals surface area contributed by atoms with Crippen LogP contribution in [0.1, 0.15) is 13.3 Å². The van der Waals surface area contributed by atoms with Crippen molar-refractivity contribution in [1.29, 1.82) is 0 Å². The van der Waals surface area contributed by atoms with Crippen LogP contribution in [-0.2, 0) is 13.8 Å². The Morgan fingerprint density at radius 1 is 1.62 bits per heavy atom. The van der Waals surface area contributed by atoms with Gasteiger partial charge in [0.15, 0.2) is 6.29 Å². The predicted molar refractivity (Wildman–Crippen MR) is 42.7 cm³/mol. The van der Waals surface area contributed by atoms with Gasteiger partial charge in [-0.05, 0) is 5.92 Å². The van der Waals surface area contributed by atoms with Crippen molar-refractivity contribution in [2.45, 2.75) is 25.7 Å². The van der Waals surface area contributed by atoms with Gasteiger partial charge in [-0.15, -0.1) is 0 Å². The van der Waals surface area contributed by atoms with Crippen molar-refractivity contribution in [2.24, 2.45) is 5.92 Å². The Morgan fingerprint density at radius 3 is 2.62 bits per heavy atom. The van der Waals surface area contributed by atoms with Gasteiger partial charge < -0.3 is 19.6 Å². The normalized spacial score (nSPS) is 35.2. The fourth-order valence-corrected chi connectivity index (χ4v) is 1.58. The molecule has 0 aliphatic carbocycles. The molecule has 2 unspecified atom stereocenters. The minimum Gasteiger partial charge on any atom is -0.368 e. The molecule has 3 N–H and O–H groups in total. The second kappa shape index (κ2) is 4.04. The smallest absolute Gasteiger partial charge is 0.368 e. The van der Waals surface area contributed by atoms with Crippen LogP contribution in [0.5, 0.6) is 0 Å². The zero-order chi connectivity index (χ0) is 10.1. The molecule has 0 aromatic rings. The number of rotatable bonds is 3. The highest BCUT2D eigenvalue weighted by Gasteiger charge is 2.32. The third-order valence-corrected chi connectivity index (χ3v) is 2.43. The molecule has 1 rings (SSSR count). The molecule has 1 aliphatic heterocycles. The molecule has 1 aliphatic rings. The van der Waals surface area contributed by atoms with Crippen molar-refractivity contribution in [3.8, 4) is 0 Å². The van der Waals surface area contributed by atoms with E-state index in [1.807, 2.05) is 6.92 Å². The van der Waals surface area contributed by atoms with Crippen molar-refractivity contribution in [3.05, 3.63) is 0 Å². The van der Waals surface area contributed by atoms with Crippen LogP contribution in [0.2, 0.25) is 0 Å². The fraction of sp³-hybridized carbons (Fsp3) is 1.00. The largest absolute Gasteiger partial charge is 0.469 e. The highest BCUT2D eigenvalue weighted by Crippen LogP contribution is 2.37. The van der Waals surface area contributed by atoms with Crippen molar-refractivity contribution in [3.63, 3.8) is 0 Å². The number of hydrogen-bond acceptors (Lipinski definition) is 4. The van der Waals surface area contributed by atoms with E-state index in [-0.39, 0.29) is 12.5 Å². The van der Waals surface area contributed by atoms with Gasteiger partial charge in [-0.2, -0.15) is 0 Å². The Kier molecular flexibility index (Phi) is 3.45. The molecule has 13 heavy (non-hydrogen) atoms. The maximum atomic E-state index is 10.3. The zero-order valence-corrected chi connectivity index (χ0v) is 8.05. The zero-order valence-electron chi connectivity index (χ0n) is 7.16. The van der Waals surface area contributed by atoms with Gasteiger partial charge >= 0.3 is 7.82 Å². The summed E-state index contributed by atoms with van der Waals surface area (Å²) >= 11 is 0. The molecule has 0 aromatic heterocycles. The summed E-state index contributed by atoms with van der Waals surface area (Å²) in [5.41, 5.74) is 0. The lowest BCUT2D eigenvalue weighted by atomic mass is 10.1. The topological polar surface area (TPSA) is 96.2 Å². The molecular weight excluding hydrogens is 199 g/mol. The SMILES string of the molecule is CC1C[C@H](O)OC1COP(=O)(O)O. The van der Waals surface area contributed by atoms with Gasteiger partial charge in [0, 0.05) is 6.42 Å². The first-order chi connectivity index (χ1) is 5.88. The molecule has 0 aromatic carbocycles. The summed E-state index contributed by atoms with van der Waals surface area (Å²) < 4.78 is 19.5. The number of ether oxygens (including phenoxy) is 1. The van der Waals surface area contributed by atoms with Gasteiger partial charge in [-0.3, -0.25) is 4.52 Å². The molecule has 0 spiro atoms. The van der Waals surface area contributed by atoms with E-state index in [1.54, 1.807) is 0 Å². The van der Waals surface area contributed by atoms with Crippen molar-refractivity contribution in [1.82, 2.24) is 0 Å². The summed E-state index contributed by atoms with van der Waals surface area (Å²) in [6, 6.07) is 0. The second-order valence-corrected chi connectivity index (χ2v) is 4.37.